The largest absolute Gasteiger partial charge is 0.398 e. The normalized spacial score (nSPS) is 16.3. The Kier molecular flexibility index (Phi) is 4.24. The minimum absolute atomic E-state index is 0.818. The smallest absolute Gasteiger partial charge is 0.127 e. The Balaban J connectivity index is 1.68. The fraction of sp³-hybridized carbons (Fsp3) is 0.643. The first-order valence-corrected chi connectivity index (χ1v) is 6.71. The second-order valence-corrected chi connectivity index (χ2v) is 5.15. The molecule has 17 heavy (non-hydrogen) atoms. The highest BCUT2D eigenvalue weighted by Gasteiger charge is 2.13. The molecule has 3 N–H and O–H groups in total. The first kappa shape index (κ1) is 12.2. The van der Waals surface area contributed by atoms with E-state index in [1.54, 1.807) is 0 Å². The molecule has 0 saturated heterocycles. The number of hydrogen-bond donors (Lipinski definition) is 2. The molecule has 1 aromatic rings. The predicted octanol–water partition coefficient (Wildman–Crippen LogP) is 3.35. The summed E-state index contributed by atoms with van der Waals surface area (Å²) in [6.07, 6.45) is 10.2. The first-order chi connectivity index (χ1) is 8.25. The van der Waals surface area contributed by atoms with E-state index in [-0.39, 0.29) is 0 Å². The molecule has 3 heteroatoms. The van der Waals surface area contributed by atoms with Gasteiger partial charge >= 0.3 is 0 Å². The first-order valence-electron chi connectivity index (χ1n) is 6.71. The molecule has 1 heterocycles. The van der Waals surface area contributed by atoms with Gasteiger partial charge in [0.1, 0.15) is 5.82 Å². The standard InChI is InChI=1S/C14H23N3/c1-11-10-17-14(9-13(11)15)16-8-4-7-12-5-2-3-6-12/h9-10,12H,2-8H2,1H3,(H3,15,16,17). The van der Waals surface area contributed by atoms with Gasteiger partial charge in [0.15, 0.2) is 0 Å². The van der Waals surface area contributed by atoms with Gasteiger partial charge in [0.2, 0.25) is 0 Å². The Hall–Kier alpha value is -1.25. The minimum atomic E-state index is 0.818. The lowest BCUT2D eigenvalue weighted by molar-refractivity contribution is 0.491. The second kappa shape index (κ2) is 5.89. The van der Waals surface area contributed by atoms with Gasteiger partial charge in [-0.25, -0.2) is 4.98 Å². The Bertz CT molecular complexity index is 356. The van der Waals surface area contributed by atoms with Gasteiger partial charge in [0.05, 0.1) is 0 Å². The third-order valence-electron chi connectivity index (χ3n) is 3.71. The van der Waals surface area contributed by atoms with E-state index in [0.29, 0.717) is 0 Å². The van der Waals surface area contributed by atoms with Crippen molar-refractivity contribution in [2.24, 2.45) is 5.92 Å². The van der Waals surface area contributed by atoms with Crippen molar-refractivity contribution < 1.29 is 0 Å². The van der Waals surface area contributed by atoms with E-state index in [4.69, 9.17) is 5.73 Å². The number of aromatic nitrogens is 1. The Labute approximate surface area is 104 Å². The van der Waals surface area contributed by atoms with Crippen molar-refractivity contribution in [2.75, 3.05) is 17.6 Å². The molecule has 2 rings (SSSR count). The summed E-state index contributed by atoms with van der Waals surface area (Å²) in [5, 5.41) is 3.35. The van der Waals surface area contributed by atoms with E-state index in [1.165, 1.54) is 38.5 Å². The summed E-state index contributed by atoms with van der Waals surface area (Å²) >= 11 is 0. The van der Waals surface area contributed by atoms with Gasteiger partial charge in [-0.2, -0.15) is 0 Å². The molecule has 1 aromatic heterocycles. The molecule has 1 fully saturated rings. The van der Waals surface area contributed by atoms with Crippen LogP contribution >= 0.6 is 0 Å². The molecule has 0 bridgehead atoms. The molecular weight excluding hydrogens is 210 g/mol. The summed E-state index contributed by atoms with van der Waals surface area (Å²) in [6, 6.07) is 1.92. The van der Waals surface area contributed by atoms with E-state index < -0.39 is 0 Å². The predicted molar refractivity (Wildman–Crippen MR) is 73.1 cm³/mol. The highest BCUT2D eigenvalue weighted by molar-refractivity contribution is 5.53. The molecule has 0 amide bonds. The molecule has 94 valence electrons. The molecule has 1 saturated carbocycles. The molecule has 0 aromatic carbocycles. The van der Waals surface area contributed by atoms with Crippen molar-refractivity contribution in [3.63, 3.8) is 0 Å². The molecule has 1 aliphatic rings. The highest BCUT2D eigenvalue weighted by Crippen LogP contribution is 2.28. The van der Waals surface area contributed by atoms with Gasteiger partial charge in [-0.05, 0) is 31.2 Å². The minimum Gasteiger partial charge on any atom is -0.398 e. The quantitative estimate of drug-likeness (QED) is 0.767. The summed E-state index contributed by atoms with van der Waals surface area (Å²) in [6.45, 7) is 2.98. The van der Waals surface area contributed by atoms with E-state index in [9.17, 15) is 0 Å². The van der Waals surface area contributed by atoms with Crippen LogP contribution in [0.3, 0.4) is 0 Å². The maximum atomic E-state index is 5.84. The fourth-order valence-corrected chi connectivity index (χ4v) is 2.54. The van der Waals surface area contributed by atoms with Gasteiger partial charge in [0, 0.05) is 24.5 Å². The Morgan fingerprint density at radius 3 is 2.88 bits per heavy atom. The van der Waals surface area contributed by atoms with E-state index >= 15 is 0 Å². The van der Waals surface area contributed by atoms with Gasteiger partial charge in [-0.3, -0.25) is 0 Å². The zero-order valence-electron chi connectivity index (χ0n) is 10.7. The van der Waals surface area contributed by atoms with Gasteiger partial charge in [0.25, 0.3) is 0 Å². The van der Waals surface area contributed by atoms with Crippen molar-refractivity contribution in [1.29, 1.82) is 0 Å². The Morgan fingerprint density at radius 2 is 2.18 bits per heavy atom. The number of hydrogen-bond acceptors (Lipinski definition) is 3. The number of anilines is 2. The number of nitrogens with one attached hydrogen (secondary N) is 1. The second-order valence-electron chi connectivity index (χ2n) is 5.15. The number of aryl methyl sites for hydroxylation is 1. The lowest BCUT2D eigenvalue weighted by Gasteiger charge is -2.10. The summed E-state index contributed by atoms with van der Waals surface area (Å²) in [7, 11) is 0. The zero-order valence-corrected chi connectivity index (χ0v) is 10.7. The molecule has 1 aliphatic carbocycles. The maximum absolute atomic E-state index is 5.84. The van der Waals surface area contributed by atoms with Crippen LogP contribution in [0.5, 0.6) is 0 Å². The van der Waals surface area contributed by atoms with Crippen LogP contribution in [-0.4, -0.2) is 11.5 Å². The van der Waals surface area contributed by atoms with Crippen molar-refractivity contribution in [1.82, 2.24) is 4.98 Å². The van der Waals surface area contributed by atoms with E-state index in [2.05, 4.69) is 10.3 Å². The lowest BCUT2D eigenvalue weighted by Crippen LogP contribution is -2.06. The van der Waals surface area contributed by atoms with Crippen LogP contribution in [0.25, 0.3) is 0 Å². The van der Waals surface area contributed by atoms with E-state index in [0.717, 1.165) is 29.5 Å². The molecule has 0 spiro atoms. The lowest BCUT2D eigenvalue weighted by atomic mass is 10.0. The van der Waals surface area contributed by atoms with Crippen LogP contribution in [0.15, 0.2) is 12.3 Å². The third kappa shape index (κ3) is 3.62. The average Bonchev–Trinajstić information content (AvgIpc) is 2.82. The molecule has 3 nitrogen and oxygen atoms in total. The maximum Gasteiger partial charge on any atom is 0.127 e. The van der Waals surface area contributed by atoms with Gasteiger partial charge in [-0.1, -0.05) is 25.7 Å². The van der Waals surface area contributed by atoms with Crippen LogP contribution in [0.1, 0.15) is 44.1 Å². The average molecular weight is 233 g/mol. The summed E-state index contributed by atoms with van der Waals surface area (Å²) in [5.41, 5.74) is 7.71. The molecule has 0 atom stereocenters. The highest BCUT2D eigenvalue weighted by atomic mass is 15.0. The number of nitrogens with zero attached hydrogens (tertiary/aromatic N) is 1. The van der Waals surface area contributed by atoms with Crippen molar-refractivity contribution in [2.45, 2.75) is 45.4 Å². The van der Waals surface area contributed by atoms with Crippen LogP contribution in [0.2, 0.25) is 0 Å². The monoisotopic (exact) mass is 233 g/mol. The third-order valence-corrected chi connectivity index (χ3v) is 3.71. The van der Waals surface area contributed by atoms with Crippen LogP contribution in [-0.2, 0) is 0 Å². The van der Waals surface area contributed by atoms with Crippen LogP contribution in [0.4, 0.5) is 11.5 Å². The number of nitrogens with two attached hydrogens (primary N) is 1. The van der Waals surface area contributed by atoms with Gasteiger partial charge in [-0.15, -0.1) is 0 Å². The SMILES string of the molecule is Cc1cnc(NCCCC2CCCC2)cc1N. The topological polar surface area (TPSA) is 50.9 Å². The molecule has 0 aliphatic heterocycles. The van der Waals surface area contributed by atoms with Crippen molar-refractivity contribution in [3.8, 4) is 0 Å². The molecule has 0 unspecified atom stereocenters. The summed E-state index contributed by atoms with van der Waals surface area (Å²) in [5.74, 6) is 1.88. The summed E-state index contributed by atoms with van der Waals surface area (Å²) in [4.78, 5) is 4.32. The fourth-order valence-electron chi connectivity index (χ4n) is 2.54. The Morgan fingerprint density at radius 1 is 1.41 bits per heavy atom. The van der Waals surface area contributed by atoms with Crippen LogP contribution in [0, 0.1) is 12.8 Å². The molecule has 0 radical (unpaired) electrons. The van der Waals surface area contributed by atoms with Gasteiger partial charge < -0.3 is 11.1 Å². The van der Waals surface area contributed by atoms with Crippen molar-refractivity contribution >= 4 is 11.5 Å². The molecular formula is C14H23N3. The number of nitrogen functional groups attached to an aromatic ring is 1. The van der Waals surface area contributed by atoms with E-state index in [1.807, 2.05) is 19.2 Å². The van der Waals surface area contributed by atoms with Crippen LogP contribution < -0.4 is 11.1 Å². The van der Waals surface area contributed by atoms with Crippen molar-refractivity contribution in [3.05, 3.63) is 17.8 Å². The number of pyridine rings is 1. The number of rotatable bonds is 5. The summed E-state index contributed by atoms with van der Waals surface area (Å²) < 4.78 is 0. The zero-order chi connectivity index (χ0) is 12.1.